The molecule has 0 spiro atoms. The molecule has 0 saturated carbocycles. The Labute approximate surface area is 146 Å². The van der Waals surface area contributed by atoms with Crippen LogP contribution in [0.1, 0.15) is 16.8 Å². The van der Waals surface area contributed by atoms with Gasteiger partial charge in [0.15, 0.2) is 11.6 Å². The summed E-state index contributed by atoms with van der Waals surface area (Å²) >= 11 is 6.12. The standard InChI is InChI=1S/C19H17ClN4/c1-13-14(2)22-19(15-8-4-3-5-9-15)23-18(13)24-21-12-16-10-6-7-11-17(16)20/h3-12H,1-2H3,(H,22,23,24). The van der Waals surface area contributed by atoms with Crippen molar-refractivity contribution in [1.82, 2.24) is 9.97 Å². The van der Waals surface area contributed by atoms with Crippen molar-refractivity contribution in [2.75, 3.05) is 5.43 Å². The van der Waals surface area contributed by atoms with E-state index in [4.69, 9.17) is 11.6 Å². The molecule has 0 atom stereocenters. The minimum atomic E-state index is 0.656. The van der Waals surface area contributed by atoms with Crippen LogP contribution < -0.4 is 5.43 Å². The average molecular weight is 337 g/mol. The van der Waals surface area contributed by atoms with Gasteiger partial charge in [-0.1, -0.05) is 60.1 Å². The molecule has 5 heteroatoms. The smallest absolute Gasteiger partial charge is 0.161 e. The molecule has 0 aliphatic carbocycles. The van der Waals surface area contributed by atoms with Crippen molar-refractivity contribution in [1.29, 1.82) is 0 Å². The minimum Gasteiger partial charge on any atom is -0.261 e. The largest absolute Gasteiger partial charge is 0.261 e. The molecule has 0 radical (unpaired) electrons. The van der Waals surface area contributed by atoms with Gasteiger partial charge in [0.1, 0.15) is 0 Å². The molecule has 0 bridgehead atoms. The lowest BCUT2D eigenvalue weighted by Gasteiger charge is -2.09. The second-order valence-corrected chi connectivity index (χ2v) is 5.77. The summed E-state index contributed by atoms with van der Waals surface area (Å²) in [5, 5.41) is 4.92. The summed E-state index contributed by atoms with van der Waals surface area (Å²) < 4.78 is 0. The monoisotopic (exact) mass is 336 g/mol. The second-order valence-electron chi connectivity index (χ2n) is 5.36. The maximum absolute atomic E-state index is 6.12. The molecule has 4 nitrogen and oxygen atoms in total. The zero-order valence-electron chi connectivity index (χ0n) is 13.5. The van der Waals surface area contributed by atoms with E-state index in [0.29, 0.717) is 16.7 Å². The summed E-state index contributed by atoms with van der Waals surface area (Å²) in [7, 11) is 0. The molecule has 120 valence electrons. The van der Waals surface area contributed by atoms with E-state index in [1.165, 1.54) is 0 Å². The zero-order valence-corrected chi connectivity index (χ0v) is 14.2. The van der Waals surface area contributed by atoms with Crippen molar-refractivity contribution in [3.8, 4) is 11.4 Å². The van der Waals surface area contributed by atoms with Crippen LogP contribution in [0.5, 0.6) is 0 Å². The molecule has 1 aromatic heterocycles. The SMILES string of the molecule is Cc1nc(-c2ccccc2)nc(NN=Cc2ccccc2Cl)c1C. The predicted molar refractivity (Wildman–Crippen MR) is 99.6 cm³/mol. The van der Waals surface area contributed by atoms with E-state index >= 15 is 0 Å². The van der Waals surface area contributed by atoms with E-state index < -0.39 is 0 Å². The molecule has 0 aliphatic rings. The van der Waals surface area contributed by atoms with Gasteiger partial charge in [0, 0.05) is 27.4 Å². The number of hydrogen-bond donors (Lipinski definition) is 1. The van der Waals surface area contributed by atoms with E-state index in [0.717, 1.165) is 22.4 Å². The summed E-state index contributed by atoms with van der Waals surface area (Å²) in [6.45, 7) is 3.93. The van der Waals surface area contributed by atoms with Gasteiger partial charge in [-0.05, 0) is 19.9 Å². The quantitative estimate of drug-likeness (QED) is 0.546. The second kappa shape index (κ2) is 7.23. The number of hydrogen-bond acceptors (Lipinski definition) is 4. The van der Waals surface area contributed by atoms with Crippen molar-refractivity contribution >= 4 is 23.6 Å². The molecule has 3 rings (SSSR count). The van der Waals surface area contributed by atoms with Crippen LogP contribution in [0.15, 0.2) is 59.7 Å². The lowest BCUT2D eigenvalue weighted by Crippen LogP contribution is -2.03. The molecule has 0 aliphatic heterocycles. The number of aryl methyl sites for hydroxylation is 1. The highest BCUT2D eigenvalue weighted by molar-refractivity contribution is 6.33. The number of aromatic nitrogens is 2. The number of hydrazone groups is 1. The van der Waals surface area contributed by atoms with Crippen LogP contribution in [0.2, 0.25) is 5.02 Å². The van der Waals surface area contributed by atoms with Gasteiger partial charge in [-0.2, -0.15) is 5.10 Å². The maximum atomic E-state index is 6.12. The van der Waals surface area contributed by atoms with Crippen LogP contribution in [0, 0.1) is 13.8 Å². The molecule has 1 heterocycles. The third-order valence-corrected chi connectivity index (χ3v) is 4.04. The van der Waals surface area contributed by atoms with Gasteiger partial charge in [0.2, 0.25) is 0 Å². The van der Waals surface area contributed by atoms with Crippen LogP contribution in [0.3, 0.4) is 0 Å². The highest BCUT2D eigenvalue weighted by Crippen LogP contribution is 2.21. The topological polar surface area (TPSA) is 50.2 Å². The highest BCUT2D eigenvalue weighted by atomic mass is 35.5. The molecule has 2 aromatic carbocycles. The van der Waals surface area contributed by atoms with Crippen molar-refractivity contribution in [3.05, 3.63) is 76.4 Å². The Kier molecular flexibility index (Phi) is 4.87. The van der Waals surface area contributed by atoms with E-state index in [9.17, 15) is 0 Å². The lowest BCUT2D eigenvalue weighted by molar-refractivity contribution is 1.06. The van der Waals surface area contributed by atoms with E-state index in [1.807, 2.05) is 68.4 Å². The first kappa shape index (κ1) is 16.1. The van der Waals surface area contributed by atoms with Crippen molar-refractivity contribution in [2.24, 2.45) is 5.10 Å². The molecule has 1 N–H and O–H groups in total. The Morgan fingerprint density at radius 1 is 0.958 bits per heavy atom. The fraction of sp³-hybridized carbons (Fsp3) is 0.105. The molecule has 0 fully saturated rings. The third kappa shape index (κ3) is 3.60. The lowest BCUT2D eigenvalue weighted by atomic mass is 10.2. The van der Waals surface area contributed by atoms with Crippen LogP contribution in [0.25, 0.3) is 11.4 Å². The summed E-state index contributed by atoms with van der Waals surface area (Å²) in [4.78, 5) is 9.15. The van der Waals surface area contributed by atoms with Gasteiger partial charge < -0.3 is 0 Å². The Hall–Kier alpha value is -2.72. The number of benzene rings is 2. The Bertz CT molecular complexity index is 876. The van der Waals surface area contributed by atoms with Crippen LogP contribution in [0.4, 0.5) is 5.82 Å². The van der Waals surface area contributed by atoms with Crippen molar-refractivity contribution in [3.63, 3.8) is 0 Å². The van der Waals surface area contributed by atoms with Crippen molar-refractivity contribution < 1.29 is 0 Å². The molecule has 0 saturated heterocycles. The van der Waals surface area contributed by atoms with Gasteiger partial charge in [0.25, 0.3) is 0 Å². The molecule has 0 unspecified atom stereocenters. The Morgan fingerprint density at radius 2 is 1.67 bits per heavy atom. The van der Waals surface area contributed by atoms with E-state index in [1.54, 1.807) is 6.21 Å². The van der Waals surface area contributed by atoms with Gasteiger partial charge in [0.05, 0.1) is 6.21 Å². The van der Waals surface area contributed by atoms with Gasteiger partial charge in [-0.15, -0.1) is 0 Å². The number of rotatable bonds is 4. The average Bonchev–Trinajstić information content (AvgIpc) is 2.61. The summed E-state index contributed by atoms with van der Waals surface area (Å²) in [5.41, 5.74) is 6.70. The van der Waals surface area contributed by atoms with Gasteiger partial charge in [-0.3, -0.25) is 5.43 Å². The highest BCUT2D eigenvalue weighted by Gasteiger charge is 2.09. The first-order chi connectivity index (χ1) is 11.6. The van der Waals surface area contributed by atoms with Crippen LogP contribution >= 0.6 is 11.6 Å². The maximum Gasteiger partial charge on any atom is 0.161 e. The van der Waals surface area contributed by atoms with Gasteiger partial charge in [-0.25, -0.2) is 9.97 Å². The van der Waals surface area contributed by atoms with Gasteiger partial charge >= 0.3 is 0 Å². The first-order valence-corrected chi connectivity index (χ1v) is 7.97. The number of nitrogens with one attached hydrogen (secondary N) is 1. The minimum absolute atomic E-state index is 0.656. The van der Waals surface area contributed by atoms with Crippen LogP contribution in [-0.2, 0) is 0 Å². The molecular weight excluding hydrogens is 320 g/mol. The summed E-state index contributed by atoms with van der Waals surface area (Å²) in [6.07, 6.45) is 1.68. The summed E-state index contributed by atoms with van der Waals surface area (Å²) in [6, 6.07) is 17.4. The van der Waals surface area contributed by atoms with Crippen LogP contribution in [-0.4, -0.2) is 16.2 Å². The first-order valence-electron chi connectivity index (χ1n) is 7.59. The van der Waals surface area contributed by atoms with Crippen molar-refractivity contribution in [2.45, 2.75) is 13.8 Å². The summed E-state index contributed by atoms with van der Waals surface area (Å²) in [5.74, 6) is 1.36. The molecule has 3 aromatic rings. The van der Waals surface area contributed by atoms with E-state index in [-0.39, 0.29) is 0 Å². The number of halogens is 1. The molecule has 24 heavy (non-hydrogen) atoms. The normalized spacial score (nSPS) is 11.0. The third-order valence-electron chi connectivity index (χ3n) is 3.70. The number of anilines is 1. The number of nitrogens with zero attached hydrogens (tertiary/aromatic N) is 3. The zero-order chi connectivity index (χ0) is 16.9. The molecular formula is C19H17ClN4. The van der Waals surface area contributed by atoms with E-state index in [2.05, 4.69) is 20.5 Å². The fourth-order valence-electron chi connectivity index (χ4n) is 2.20. The molecule has 0 amide bonds. The Morgan fingerprint density at radius 3 is 2.42 bits per heavy atom. The predicted octanol–water partition coefficient (Wildman–Crippen LogP) is 4.86. The Balaban J connectivity index is 1.88. The fourth-order valence-corrected chi connectivity index (χ4v) is 2.38.